The number of carboxylic acids is 1. The first kappa shape index (κ1) is 17.3. The van der Waals surface area contributed by atoms with Crippen molar-refractivity contribution in [1.29, 1.82) is 0 Å². The van der Waals surface area contributed by atoms with Gasteiger partial charge < -0.3 is 20.1 Å². The summed E-state index contributed by atoms with van der Waals surface area (Å²) in [5.74, 6) is -0.912. The molecular formula is C18H22N2O5. The van der Waals surface area contributed by atoms with Crippen molar-refractivity contribution >= 4 is 17.8 Å². The number of nitrogens with zero attached hydrogens (tertiary/aromatic N) is 1. The Morgan fingerprint density at radius 1 is 1.36 bits per heavy atom. The molecule has 0 aliphatic carbocycles. The number of hydrogen-bond acceptors (Lipinski definition) is 4. The molecule has 2 heterocycles. The van der Waals surface area contributed by atoms with Crippen LogP contribution in [0.25, 0.3) is 0 Å². The highest BCUT2D eigenvalue weighted by atomic mass is 16.5. The summed E-state index contributed by atoms with van der Waals surface area (Å²) in [7, 11) is 0. The third-order valence-electron chi connectivity index (χ3n) is 5.03. The standard InChI is InChI=1S/C18H22N2O5/c1-11-3-4-14-13(9-11)16(22)19-10-18(25-14)6-5-15(21)20(8-7-18)12(2)17(23)24/h3-4,9,12H,5-8,10H2,1-2H3,(H,19,22)(H,23,24)/t12-,18+/m0/s1. The van der Waals surface area contributed by atoms with E-state index < -0.39 is 17.6 Å². The Labute approximate surface area is 146 Å². The highest BCUT2D eigenvalue weighted by molar-refractivity contribution is 5.97. The first-order valence-corrected chi connectivity index (χ1v) is 8.41. The van der Waals surface area contributed by atoms with Gasteiger partial charge in [0.2, 0.25) is 5.91 Å². The number of benzene rings is 1. The number of carbonyl (C=O) groups is 3. The fourth-order valence-corrected chi connectivity index (χ4v) is 3.39. The van der Waals surface area contributed by atoms with Gasteiger partial charge in [-0.05, 0) is 32.4 Å². The molecule has 0 radical (unpaired) electrons. The van der Waals surface area contributed by atoms with Gasteiger partial charge in [-0.15, -0.1) is 0 Å². The van der Waals surface area contributed by atoms with Crippen LogP contribution in [-0.2, 0) is 9.59 Å². The summed E-state index contributed by atoms with van der Waals surface area (Å²) in [5, 5.41) is 12.1. The Morgan fingerprint density at radius 2 is 2.12 bits per heavy atom. The zero-order chi connectivity index (χ0) is 18.2. The Bertz CT molecular complexity index is 732. The highest BCUT2D eigenvalue weighted by Gasteiger charge is 2.41. The van der Waals surface area contributed by atoms with E-state index in [1.165, 1.54) is 11.8 Å². The summed E-state index contributed by atoms with van der Waals surface area (Å²) < 4.78 is 6.22. The molecule has 2 aliphatic heterocycles. The average molecular weight is 346 g/mol. The molecule has 7 nitrogen and oxygen atoms in total. The number of rotatable bonds is 2. The summed E-state index contributed by atoms with van der Waals surface area (Å²) >= 11 is 0. The second-order valence-electron chi connectivity index (χ2n) is 6.82. The molecule has 2 aliphatic rings. The van der Waals surface area contributed by atoms with Gasteiger partial charge in [-0.1, -0.05) is 11.6 Å². The summed E-state index contributed by atoms with van der Waals surface area (Å²) in [6.07, 6.45) is 1.08. The van der Waals surface area contributed by atoms with E-state index in [1.807, 2.05) is 13.0 Å². The van der Waals surface area contributed by atoms with Crippen LogP contribution in [0.2, 0.25) is 0 Å². The van der Waals surface area contributed by atoms with Crippen molar-refractivity contribution in [2.75, 3.05) is 13.1 Å². The predicted octanol–water partition coefficient (Wildman–Crippen LogP) is 1.34. The summed E-state index contributed by atoms with van der Waals surface area (Å²) in [6.45, 7) is 3.99. The minimum atomic E-state index is -1.03. The van der Waals surface area contributed by atoms with E-state index in [-0.39, 0.29) is 24.8 Å². The van der Waals surface area contributed by atoms with Crippen LogP contribution in [-0.4, -0.2) is 52.5 Å². The van der Waals surface area contributed by atoms with E-state index in [0.717, 1.165) is 5.56 Å². The largest absolute Gasteiger partial charge is 0.485 e. The van der Waals surface area contributed by atoms with Crippen molar-refractivity contribution in [2.24, 2.45) is 0 Å². The fraction of sp³-hybridized carbons (Fsp3) is 0.500. The number of carbonyl (C=O) groups excluding carboxylic acids is 2. The van der Waals surface area contributed by atoms with Crippen molar-refractivity contribution in [3.05, 3.63) is 29.3 Å². The van der Waals surface area contributed by atoms with Gasteiger partial charge in [0, 0.05) is 19.4 Å². The molecule has 0 aromatic heterocycles. The highest BCUT2D eigenvalue weighted by Crippen LogP contribution is 2.34. The maximum Gasteiger partial charge on any atom is 0.326 e. The molecule has 1 aromatic rings. The molecule has 1 fully saturated rings. The van der Waals surface area contributed by atoms with Crippen LogP contribution in [0.4, 0.5) is 0 Å². The van der Waals surface area contributed by atoms with Crippen molar-refractivity contribution in [3.8, 4) is 5.75 Å². The molecule has 0 saturated carbocycles. The fourth-order valence-electron chi connectivity index (χ4n) is 3.39. The van der Waals surface area contributed by atoms with Crippen LogP contribution >= 0.6 is 0 Å². The van der Waals surface area contributed by atoms with Gasteiger partial charge in [-0.3, -0.25) is 9.59 Å². The molecule has 134 valence electrons. The second kappa shape index (κ2) is 6.38. The van der Waals surface area contributed by atoms with E-state index in [2.05, 4.69) is 5.32 Å². The Morgan fingerprint density at radius 3 is 2.84 bits per heavy atom. The van der Waals surface area contributed by atoms with Gasteiger partial charge in [0.05, 0.1) is 12.1 Å². The van der Waals surface area contributed by atoms with E-state index in [1.54, 1.807) is 12.1 Å². The SMILES string of the molecule is Cc1ccc2c(c1)C(=O)NC[C@]1(CCC(=O)N([C@@H](C)C(=O)O)CC1)O2. The molecule has 1 spiro atoms. The van der Waals surface area contributed by atoms with Gasteiger partial charge in [-0.2, -0.15) is 0 Å². The van der Waals surface area contributed by atoms with E-state index >= 15 is 0 Å². The molecule has 1 aromatic carbocycles. The first-order chi connectivity index (χ1) is 11.8. The van der Waals surface area contributed by atoms with Crippen molar-refractivity contribution in [2.45, 2.75) is 44.8 Å². The molecule has 1 saturated heterocycles. The van der Waals surface area contributed by atoms with Crippen molar-refractivity contribution in [1.82, 2.24) is 10.2 Å². The van der Waals surface area contributed by atoms with E-state index in [4.69, 9.17) is 4.74 Å². The lowest BCUT2D eigenvalue weighted by Crippen LogP contribution is -2.47. The van der Waals surface area contributed by atoms with Crippen molar-refractivity contribution < 1.29 is 24.2 Å². The van der Waals surface area contributed by atoms with Gasteiger partial charge in [0.15, 0.2) is 0 Å². The predicted molar refractivity (Wildman–Crippen MR) is 89.5 cm³/mol. The zero-order valence-corrected chi connectivity index (χ0v) is 14.4. The molecule has 7 heteroatoms. The van der Waals surface area contributed by atoms with Crippen molar-refractivity contribution in [3.63, 3.8) is 0 Å². The number of ether oxygens (including phenoxy) is 1. The summed E-state index contributed by atoms with van der Waals surface area (Å²) in [4.78, 5) is 37.3. The molecule has 2 N–H and O–H groups in total. The lowest BCUT2D eigenvalue weighted by molar-refractivity contribution is -0.149. The third-order valence-corrected chi connectivity index (χ3v) is 5.03. The van der Waals surface area contributed by atoms with Gasteiger partial charge >= 0.3 is 5.97 Å². The third kappa shape index (κ3) is 3.31. The lowest BCUT2D eigenvalue weighted by atomic mass is 9.94. The first-order valence-electron chi connectivity index (χ1n) is 8.41. The van der Waals surface area contributed by atoms with Gasteiger partial charge in [0.1, 0.15) is 17.4 Å². The van der Waals surface area contributed by atoms with Crippen LogP contribution in [0, 0.1) is 6.92 Å². The van der Waals surface area contributed by atoms with Crippen LogP contribution < -0.4 is 10.1 Å². The molecular weight excluding hydrogens is 324 g/mol. The zero-order valence-electron chi connectivity index (χ0n) is 14.4. The minimum Gasteiger partial charge on any atom is -0.485 e. The molecule has 2 amide bonds. The molecule has 25 heavy (non-hydrogen) atoms. The topological polar surface area (TPSA) is 95.9 Å². The molecule has 0 bridgehead atoms. The smallest absolute Gasteiger partial charge is 0.326 e. The van der Waals surface area contributed by atoms with Gasteiger partial charge in [0.25, 0.3) is 5.91 Å². The maximum atomic E-state index is 12.3. The number of aryl methyl sites for hydroxylation is 1. The van der Waals surface area contributed by atoms with Crippen LogP contribution in [0.1, 0.15) is 42.1 Å². The van der Waals surface area contributed by atoms with Crippen LogP contribution in [0.3, 0.4) is 0 Å². The van der Waals surface area contributed by atoms with E-state index in [0.29, 0.717) is 30.7 Å². The molecule has 2 atom stereocenters. The van der Waals surface area contributed by atoms with E-state index in [9.17, 15) is 19.5 Å². The quantitative estimate of drug-likeness (QED) is 0.842. The molecule has 0 unspecified atom stereocenters. The Kier molecular flexibility index (Phi) is 4.41. The number of nitrogens with one attached hydrogen (secondary N) is 1. The van der Waals surface area contributed by atoms with Crippen LogP contribution in [0.15, 0.2) is 18.2 Å². The number of fused-ring (bicyclic) bond motifs is 1. The number of amides is 2. The Balaban J connectivity index is 1.87. The number of aliphatic carboxylic acids is 1. The number of likely N-dealkylation sites (tertiary alicyclic amines) is 1. The average Bonchev–Trinajstić information content (AvgIpc) is 2.81. The summed E-state index contributed by atoms with van der Waals surface area (Å²) in [6, 6.07) is 4.57. The lowest BCUT2D eigenvalue weighted by Gasteiger charge is -2.32. The summed E-state index contributed by atoms with van der Waals surface area (Å²) in [5.41, 5.74) is 0.743. The normalized spacial score (nSPS) is 24.6. The monoisotopic (exact) mass is 346 g/mol. The van der Waals surface area contributed by atoms with Crippen LogP contribution in [0.5, 0.6) is 5.75 Å². The minimum absolute atomic E-state index is 0.189. The Hall–Kier alpha value is -2.57. The number of carboxylic acid groups (broad SMARTS) is 1. The number of hydrogen-bond donors (Lipinski definition) is 2. The maximum absolute atomic E-state index is 12.3. The van der Waals surface area contributed by atoms with Gasteiger partial charge in [-0.25, -0.2) is 4.79 Å². The second-order valence-corrected chi connectivity index (χ2v) is 6.82. The molecule has 3 rings (SSSR count).